The van der Waals surface area contributed by atoms with Crippen molar-refractivity contribution >= 4 is 17.3 Å². The normalized spacial score (nSPS) is 10.4. The molecule has 0 aliphatic carbocycles. The highest BCUT2D eigenvalue weighted by atomic mass is 16.6. The summed E-state index contributed by atoms with van der Waals surface area (Å²) < 4.78 is 7.58. The van der Waals surface area contributed by atoms with Crippen LogP contribution in [-0.4, -0.2) is 25.4 Å². The smallest absolute Gasteiger partial charge is 0.282 e. The van der Waals surface area contributed by atoms with E-state index in [4.69, 9.17) is 4.74 Å². The molecular formula is C21H15N5O4. The number of aromatic nitrogens is 3. The van der Waals surface area contributed by atoms with Crippen LogP contribution in [-0.2, 0) is 0 Å². The third-order valence-electron chi connectivity index (χ3n) is 4.18. The molecule has 0 bridgehead atoms. The molecule has 148 valence electrons. The number of carbonyl (C=O) groups excluding carboxylic acids is 1. The molecule has 2 heterocycles. The van der Waals surface area contributed by atoms with Gasteiger partial charge in [0.2, 0.25) is 5.88 Å². The summed E-state index contributed by atoms with van der Waals surface area (Å²) in [5, 5.41) is 13.7. The monoisotopic (exact) mass is 401 g/mol. The number of ether oxygens (including phenoxy) is 1. The molecule has 0 radical (unpaired) electrons. The molecule has 30 heavy (non-hydrogen) atoms. The van der Waals surface area contributed by atoms with Crippen molar-refractivity contribution in [3.63, 3.8) is 0 Å². The summed E-state index contributed by atoms with van der Waals surface area (Å²) in [7, 11) is 0. The molecule has 0 spiro atoms. The van der Waals surface area contributed by atoms with Gasteiger partial charge in [-0.05, 0) is 42.5 Å². The van der Waals surface area contributed by atoms with E-state index in [1.807, 2.05) is 29.1 Å². The second-order valence-electron chi connectivity index (χ2n) is 6.16. The zero-order valence-corrected chi connectivity index (χ0v) is 15.5. The summed E-state index contributed by atoms with van der Waals surface area (Å²) in [6.07, 6.45) is 5.13. The topological polar surface area (TPSA) is 112 Å². The van der Waals surface area contributed by atoms with Crippen LogP contribution < -0.4 is 10.1 Å². The lowest BCUT2D eigenvalue weighted by molar-refractivity contribution is -0.385. The average molecular weight is 401 g/mol. The number of para-hydroxylation sites is 1. The van der Waals surface area contributed by atoms with Crippen LogP contribution in [0, 0.1) is 10.1 Å². The van der Waals surface area contributed by atoms with Gasteiger partial charge in [0, 0.05) is 30.2 Å². The van der Waals surface area contributed by atoms with Crippen LogP contribution in [0.2, 0.25) is 0 Å². The first-order valence-corrected chi connectivity index (χ1v) is 8.88. The number of anilines is 1. The molecule has 9 heteroatoms. The van der Waals surface area contributed by atoms with Crippen LogP contribution in [0.25, 0.3) is 5.82 Å². The maximum Gasteiger partial charge on any atom is 0.282 e. The van der Waals surface area contributed by atoms with Crippen molar-refractivity contribution in [3.8, 4) is 17.4 Å². The van der Waals surface area contributed by atoms with Crippen molar-refractivity contribution in [1.29, 1.82) is 0 Å². The van der Waals surface area contributed by atoms with Crippen LogP contribution >= 0.6 is 0 Å². The van der Waals surface area contributed by atoms with Gasteiger partial charge in [-0.25, -0.2) is 9.97 Å². The second kappa shape index (κ2) is 8.23. The van der Waals surface area contributed by atoms with E-state index >= 15 is 0 Å². The summed E-state index contributed by atoms with van der Waals surface area (Å²) >= 11 is 0. The van der Waals surface area contributed by atoms with E-state index in [1.54, 1.807) is 36.4 Å². The number of rotatable bonds is 6. The molecule has 0 saturated carbocycles. The number of nitro groups is 1. The van der Waals surface area contributed by atoms with Crippen LogP contribution in [0.4, 0.5) is 11.4 Å². The fourth-order valence-corrected chi connectivity index (χ4v) is 2.76. The maximum atomic E-state index is 12.4. The van der Waals surface area contributed by atoms with Gasteiger partial charge in [-0.3, -0.25) is 14.9 Å². The molecule has 1 amide bonds. The quantitative estimate of drug-likeness (QED) is 0.382. The third-order valence-corrected chi connectivity index (χ3v) is 4.18. The first-order valence-electron chi connectivity index (χ1n) is 8.88. The van der Waals surface area contributed by atoms with E-state index in [-0.39, 0.29) is 11.3 Å². The second-order valence-corrected chi connectivity index (χ2v) is 6.16. The van der Waals surface area contributed by atoms with Gasteiger partial charge in [-0.2, -0.15) is 0 Å². The average Bonchev–Trinajstić information content (AvgIpc) is 3.30. The van der Waals surface area contributed by atoms with Gasteiger partial charge in [-0.1, -0.05) is 12.1 Å². The van der Waals surface area contributed by atoms with E-state index in [0.29, 0.717) is 23.1 Å². The molecule has 0 aliphatic rings. The molecule has 0 aliphatic heterocycles. The zero-order valence-electron chi connectivity index (χ0n) is 15.5. The Hall–Kier alpha value is -4.53. The number of carbonyl (C=O) groups is 1. The number of hydrogen-bond acceptors (Lipinski definition) is 6. The number of hydrogen-bond donors (Lipinski definition) is 1. The first-order chi connectivity index (χ1) is 14.6. The number of amides is 1. The van der Waals surface area contributed by atoms with Crippen LogP contribution in [0.3, 0.4) is 0 Å². The minimum Gasteiger partial charge on any atom is -0.439 e. The molecule has 2 aromatic carbocycles. The molecule has 4 rings (SSSR count). The summed E-state index contributed by atoms with van der Waals surface area (Å²) in [5.74, 6) is 0.975. The van der Waals surface area contributed by atoms with Crippen molar-refractivity contribution in [1.82, 2.24) is 14.5 Å². The number of nitro benzene ring substituents is 1. The van der Waals surface area contributed by atoms with Gasteiger partial charge in [0.25, 0.3) is 11.6 Å². The maximum absolute atomic E-state index is 12.4. The Balaban J connectivity index is 1.46. The minimum atomic E-state index is -0.588. The van der Waals surface area contributed by atoms with Gasteiger partial charge in [0.05, 0.1) is 4.92 Å². The van der Waals surface area contributed by atoms with Crippen molar-refractivity contribution in [3.05, 3.63) is 101 Å². The summed E-state index contributed by atoms with van der Waals surface area (Å²) in [4.78, 5) is 31.2. The lowest BCUT2D eigenvalue weighted by atomic mass is 10.1. The Labute approximate surface area is 170 Å². The van der Waals surface area contributed by atoms with E-state index < -0.39 is 10.8 Å². The zero-order chi connectivity index (χ0) is 20.9. The SMILES string of the molecule is O=C(Nc1ccc(Oc2cc(-n3cccc3)ncn2)cc1)c1ccccc1[N+](=O)[O-]. The van der Waals surface area contributed by atoms with Crippen molar-refractivity contribution < 1.29 is 14.5 Å². The van der Waals surface area contributed by atoms with Crippen molar-refractivity contribution in [2.45, 2.75) is 0 Å². The summed E-state index contributed by atoms with van der Waals surface area (Å²) in [6, 6.07) is 17.8. The Morgan fingerprint density at radius 1 is 1.00 bits per heavy atom. The fraction of sp³-hybridized carbons (Fsp3) is 0. The number of benzene rings is 2. The Bertz CT molecular complexity index is 1190. The van der Waals surface area contributed by atoms with Crippen LogP contribution in [0.15, 0.2) is 85.5 Å². The van der Waals surface area contributed by atoms with Gasteiger partial charge >= 0.3 is 0 Å². The number of nitrogens with zero attached hydrogens (tertiary/aromatic N) is 4. The molecule has 0 saturated heterocycles. The summed E-state index contributed by atoms with van der Waals surface area (Å²) in [6.45, 7) is 0. The highest BCUT2D eigenvalue weighted by Crippen LogP contribution is 2.24. The molecule has 2 aromatic heterocycles. The van der Waals surface area contributed by atoms with Crippen molar-refractivity contribution in [2.24, 2.45) is 0 Å². The predicted molar refractivity (Wildman–Crippen MR) is 109 cm³/mol. The molecule has 9 nitrogen and oxygen atoms in total. The van der Waals surface area contributed by atoms with E-state index in [9.17, 15) is 14.9 Å². The fourth-order valence-electron chi connectivity index (χ4n) is 2.76. The highest BCUT2D eigenvalue weighted by molar-refractivity contribution is 6.07. The van der Waals surface area contributed by atoms with Gasteiger partial charge in [-0.15, -0.1) is 0 Å². The van der Waals surface area contributed by atoms with Gasteiger partial charge in [0.1, 0.15) is 23.5 Å². The summed E-state index contributed by atoms with van der Waals surface area (Å²) in [5.41, 5.74) is 0.208. The van der Waals surface area contributed by atoms with Gasteiger partial charge < -0.3 is 14.6 Å². The Morgan fingerprint density at radius 2 is 1.73 bits per heavy atom. The standard InChI is InChI=1S/C21H15N5O4/c27-21(17-5-1-2-6-18(17)26(28)29)24-15-7-9-16(10-8-15)30-20-13-19(22-14-23-20)25-11-3-4-12-25/h1-14H,(H,24,27). The molecular weight excluding hydrogens is 386 g/mol. The van der Waals surface area contributed by atoms with Crippen molar-refractivity contribution in [2.75, 3.05) is 5.32 Å². The van der Waals surface area contributed by atoms with Crippen LogP contribution in [0.1, 0.15) is 10.4 Å². The lowest BCUT2D eigenvalue weighted by Gasteiger charge is -2.09. The third kappa shape index (κ3) is 4.14. The Morgan fingerprint density at radius 3 is 2.47 bits per heavy atom. The number of nitrogens with one attached hydrogen (secondary N) is 1. The lowest BCUT2D eigenvalue weighted by Crippen LogP contribution is -2.13. The predicted octanol–water partition coefficient (Wildman–Crippen LogP) is 4.22. The molecule has 1 N–H and O–H groups in total. The largest absolute Gasteiger partial charge is 0.439 e. The van der Waals surface area contributed by atoms with E-state index in [0.717, 1.165) is 0 Å². The molecule has 0 atom stereocenters. The van der Waals surface area contributed by atoms with E-state index in [1.165, 1.54) is 24.5 Å². The minimum absolute atomic E-state index is 0.0126. The van der Waals surface area contributed by atoms with E-state index in [2.05, 4.69) is 15.3 Å². The molecule has 0 fully saturated rings. The van der Waals surface area contributed by atoms with Gasteiger partial charge in [0.15, 0.2) is 0 Å². The molecule has 4 aromatic rings. The molecule has 0 unspecified atom stereocenters. The van der Waals surface area contributed by atoms with Crippen LogP contribution in [0.5, 0.6) is 11.6 Å². The Kier molecular flexibility index (Phi) is 5.16. The highest BCUT2D eigenvalue weighted by Gasteiger charge is 2.19. The first kappa shape index (κ1) is 18.8.